The smallest absolute Gasteiger partial charge is 0.262 e. The Bertz CT molecular complexity index is 597. The van der Waals surface area contributed by atoms with E-state index in [4.69, 9.17) is 22.1 Å². The fraction of sp³-hybridized carbons (Fsp3) is 0.0714. The highest BCUT2D eigenvalue weighted by molar-refractivity contribution is 9.10. The molecule has 104 valence electrons. The van der Waals surface area contributed by atoms with Gasteiger partial charge in [-0.1, -0.05) is 27.5 Å². The molecule has 0 aliphatic rings. The second-order valence-corrected chi connectivity index (χ2v) is 5.42. The second-order valence-electron chi connectivity index (χ2n) is 4.06. The maximum atomic E-state index is 11.7. The van der Waals surface area contributed by atoms with Gasteiger partial charge in [-0.2, -0.15) is 0 Å². The van der Waals surface area contributed by atoms with E-state index in [0.29, 0.717) is 22.1 Å². The van der Waals surface area contributed by atoms with Gasteiger partial charge in [-0.3, -0.25) is 4.79 Å². The van der Waals surface area contributed by atoms with E-state index in [9.17, 15) is 4.79 Å². The van der Waals surface area contributed by atoms with Crippen LogP contribution >= 0.6 is 27.5 Å². The summed E-state index contributed by atoms with van der Waals surface area (Å²) in [5.74, 6) is 0.272. The largest absolute Gasteiger partial charge is 0.484 e. The summed E-state index contributed by atoms with van der Waals surface area (Å²) >= 11 is 9.07. The van der Waals surface area contributed by atoms with Crippen molar-refractivity contribution < 1.29 is 9.53 Å². The first-order valence-electron chi connectivity index (χ1n) is 5.77. The fourth-order valence-corrected chi connectivity index (χ4v) is 2.16. The van der Waals surface area contributed by atoms with E-state index in [-0.39, 0.29) is 12.5 Å². The summed E-state index contributed by atoms with van der Waals surface area (Å²) in [7, 11) is 0. The van der Waals surface area contributed by atoms with E-state index in [1.807, 2.05) is 0 Å². The van der Waals surface area contributed by atoms with Gasteiger partial charge in [0.05, 0.1) is 0 Å². The van der Waals surface area contributed by atoms with Gasteiger partial charge in [0.25, 0.3) is 5.91 Å². The van der Waals surface area contributed by atoms with Crippen LogP contribution in [0.5, 0.6) is 5.75 Å². The molecule has 0 atom stereocenters. The highest BCUT2D eigenvalue weighted by Crippen LogP contribution is 2.22. The van der Waals surface area contributed by atoms with Crippen molar-refractivity contribution >= 4 is 44.8 Å². The van der Waals surface area contributed by atoms with Crippen LogP contribution in [0.1, 0.15) is 0 Å². The van der Waals surface area contributed by atoms with Gasteiger partial charge in [0.15, 0.2) is 6.61 Å². The van der Waals surface area contributed by atoms with Crippen LogP contribution in [0.2, 0.25) is 5.02 Å². The molecule has 0 saturated carbocycles. The zero-order valence-electron chi connectivity index (χ0n) is 10.4. The number of nitrogen functional groups attached to an aromatic ring is 1. The number of nitrogens with one attached hydrogen (secondary N) is 1. The Kier molecular flexibility index (Phi) is 4.87. The van der Waals surface area contributed by atoms with Gasteiger partial charge in [0.2, 0.25) is 0 Å². The normalized spacial score (nSPS) is 10.1. The molecule has 0 spiro atoms. The number of hydrogen-bond acceptors (Lipinski definition) is 3. The van der Waals surface area contributed by atoms with Gasteiger partial charge in [0.1, 0.15) is 5.75 Å². The Hall–Kier alpha value is -1.72. The first kappa shape index (κ1) is 14.7. The third-order valence-electron chi connectivity index (χ3n) is 2.39. The monoisotopic (exact) mass is 354 g/mol. The van der Waals surface area contributed by atoms with Crippen LogP contribution in [0.4, 0.5) is 11.4 Å². The maximum Gasteiger partial charge on any atom is 0.262 e. The fourth-order valence-electron chi connectivity index (χ4n) is 1.55. The molecule has 0 bridgehead atoms. The zero-order chi connectivity index (χ0) is 14.5. The summed E-state index contributed by atoms with van der Waals surface area (Å²) in [6.07, 6.45) is 0. The van der Waals surface area contributed by atoms with Gasteiger partial charge >= 0.3 is 0 Å². The number of anilines is 2. The molecular formula is C14H12BrClN2O2. The van der Waals surface area contributed by atoms with Crippen molar-refractivity contribution in [3.05, 3.63) is 52.0 Å². The van der Waals surface area contributed by atoms with Crippen LogP contribution in [0.15, 0.2) is 46.9 Å². The first-order valence-corrected chi connectivity index (χ1v) is 6.94. The minimum absolute atomic E-state index is 0.0987. The van der Waals surface area contributed by atoms with Gasteiger partial charge in [0, 0.05) is 26.9 Å². The molecule has 2 aromatic carbocycles. The number of amides is 1. The van der Waals surface area contributed by atoms with Crippen molar-refractivity contribution in [2.24, 2.45) is 0 Å². The van der Waals surface area contributed by atoms with Crippen LogP contribution in [-0.2, 0) is 4.79 Å². The van der Waals surface area contributed by atoms with Crippen molar-refractivity contribution in [1.82, 2.24) is 0 Å². The number of halogens is 2. The summed E-state index contributed by atoms with van der Waals surface area (Å²) < 4.78 is 6.17. The zero-order valence-corrected chi connectivity index (χ0v) is 12.7. The van der Waals surface area contributed by atoms with E-state index in [1.165, 1.54) is 0 Å². The highest BCUT2D eigenvalue weighted by atomic mass is 79.9. The van der Waals surface area contributed by atoms with Gasteiger partial charge in [-0.15, -0.1) is 0 Å². The van der Waals surface area contributed by atoms with Crippen molar-refractivity contribution in [1.29, 1.82) is 0 Å². The molecule has 0 heterocycles. The SMILES string of the molecule is Nc1cc(Br)cc(OCC(=O)Nc2ccc(Cl)cc2)c1. The molecular weight excluding hydrogens is 344 g/mol. The summed E-state index contributed by atoms with van der Waals surface area (Å²) in [6, 6.07) is 12.0. The molecule has 0 aliphatic carbocycles. The van der Waals surface area contributed by atoms with E-state index in [2.05, 4.69) is 21.2 Å². The highest BCUT2D eigenvalue weighted by Gasteiger charge is 2.05. The lowest BCUT2D eigenvalue weighted by Gasteiger charge is -2.08. The first-order chi connectivity index (χ1) is 9.52. The van der Waals surface area contributed by atoms with E-state index < -0.39 is 0 Å². The predicted molar refractivity (Wildman–Crippen MR) is 84.1 cm³/mol. The van der Waals surface area contributed by atoms with Crippen molar-refractivity contribution in [3.8, 4) is 5.75 Å². The summed E-state index contributed by atoms with van der Waals surface area (Å²) in [4.78, 5) is 11.7. The lowest BCUT2D eigenvalue weighted by atomic mass is 10.3. The third-order valence-corrected chi connectivity index (χ3v) is 3.10. The average molecular weight is 356 g/mol. The van der Waals surface area contributed by atoms with E-state index in [1.54, 1.807) is 42.5 Å². The Morgan fingerprint density at radius 2 is 1.95 bits per heavy atom. The van der Waals surface area contributed by atoms with Gasteiger partial charge in [-0.25, -0.2) is 0 Å². The summed E-state index contributed by atoms with van der Waals surface area (Å²) in [5.41, 5.74) is 6.91. The molecule has 4 nitrogen and oxygen atoms in total. The maximum absolute atomic E-state index is 11.7. The van der Waals surface area contributed by atoms with Gasteiger partial charge < -0.3 is 15.8 Å². The number of carbonyl (C=O) groups excluding carboxylic acids is 1. The molecule has 0 radical (unpaired) electrons. The Balaban J connectivity index is 1.90. The minimum atomic E-state index is -0.258. The molecule has 0 unspecified atom stereocenters. The molecule has 6 heteroatoms. The van der Waals surface area contributed by atoms with Crippen LogP contribution in [-0.4, -0.2) is 12.5 Å². The quantitative estimate of drug-likeness (QED) is 0.822. The molecule has 3 N–H and O–H groups in total. The number of benzene rings is 2. The van der Waals surface area contributed by atoms with Crippen LogP contribution in [0.3, 0.4) is 0 Å². The lowest BCUT2D eigenvalue weighted by Crippen LogP contribution is -2.20. The summed E-state index contributed by atoms with van der Waals surface area (Å²) in [5, 5.41) is 3.32. The van der Waals surface area contributed by atoms with Crippen LogP contribution in [0.25, 0.3) is 0 Å². The predicted octanol–water partition coefficient (Wildman–Crippen LogP) is 3.70. The van der Waals surface area contributed by atoms with Crippen molar-refractivity contribution in [2.75, 3.05) is 17.7 Å². The minimum Gasteiger partial charge on any atom is -0.484 e. The van der Waals surface area contributed by atoms with E-state index in [0.717, 1.165) is 4.47 Å². The average Bonchev–Trinajstić information content (AvgIpc) is 2.38. The Morgan fingerprint density at radius 3 is 2.60 bits per heavy atom. The number of rotatable bonds is 4. The van der Waals surface area contributed by atoms with Crippen LogP contribution < -0.4 is 15.8 Å². The van der Waals surface area contributed by atoms with E-state index >= 15 is 0 Å². The molecule has 20 heavy (non-hydrogen) atoms. The molecule has 0 fully saturated rings. The molecule has 2 rings (SSSR count). The number of hydrogen-bond donors (Lipinski definition) is 2. The third kappa shape index (κ3) is 4.43. The van der Waals surface area contributed by atoms with Crippen LogP contribution in [0, 0.1) is 0 Å². The molecule has 0 aromatic heterocycles. The number of ether oxygens (including phenoxy) is 1. The molecule has 0 saturated heterocycles. The summed E-state index contributed by atoms with van der Waals surface area (Å²) in [6.45, 7) is -0.0987. The Labute approximate surface area is 130 Å². The molecule has 2 aromatic rings. The topological polar surface area (TPSA) is 64.3 Å². The lowest BCUT2D eigenvalue weighted by molar-refractivity contribution is -0.118. The second kappa shape index (κ2) is 6.63. The Morgan fingerprint density at radius 1 is 1.25 bits per heavy atom. The molecule has 1 amide bonds. The standard InChI is InChI=1S/C14H12BrClN2O2/c15-9-5-11(17)7-13(6-9)20-8-14(19)18-12-3-1-10(16)2-4-12/h1-7H,8,17H2,(H,18,19). The number of carbonyl (C=O) groups is 1. The molecule has 0 aliphatic heterocycles. The van der Waals surface area contributed by atoms with Crippen molar-refractivity contribution in [2.45, 2.75) is 0 Å². The van der Waals surface area contributed by atoms with Gasteiger partial charge in [-0.05, 0) is 36.4 Å². The van der Waals surface area contributed by atoms with Crippen molar-refractivity contribution in [3.63, 3.8) is 0 Å². The number of nitrogens with two attached hydrogens (primary N) is 1.